The highest BCUT2D eigenvalue weighted by Gasteiger charge is 2.27. The third-order valence-corrected chi connectivity index (χ3v) is 9.40. The van der Waals surface area contributed by atoms with E-state index in [-0.39, 0.29) is 5.59 Å². The van der Waals surface area contributed by atoms with Crippen molar-refractivity contribution in [2.24, 2.45) is 0 Å². The minimum Gasteiger partial charge on any atom is -0.443 e. The van der Waals surface area contributed by atoms with Crippen molar-refractivity contribution in [3.05, 3.63) is 89.9 Å². The van der Waals surface area contributed by atoms with Crippen LogP contribution in [-0.2, 0) is 18.9 Å². The van der Waals surface area contributed by atoms with Gasteiger partial charge in [-0.05, 0) is 87.1 Å². The van der Waals surface area contributed by atoms with Crippen LogP contribution < -0.4 is 15.4 Å². The first-order chi connectivity index (χ1) is 28.6. The van der Waals surface area contributed by atoms with Gasteiger partial charge in [0, 0.05) is 61.9 Å². The van der Waals surface area contributed by atoms with Crippen LogP contribution in [0.3, 0.4) is 0 Å². The van der Waals surface area contributed by atoms with Gasteiger partial charge in [0.25, 0.3) is 0 Å². The van der Waals surface area contributed by atoms with E-state index >= 15 is 0 Å². The van der Waals surface area contributed by atoms with E-state index in [1.165, 1.54) is 4.57 Å². The summed E-state index contributed by atoms with van der Waals surface area (Å²) < 4.78 is 25.2. The Morgan fingerprint density at radius 2 is 1.07 bits per heavy atom. The Bertz CT molecular complexity index is 2360. The third kappa shape index (κ3) is 11.5. The van der Waals surface area contributed by atoms with E-state index in [9.17, 15) is 19.6 Å². The molecule has 316 valence electrons. The number of carbonyl (C=O) groups excluding carboxylic acids is 2. The molecule has 2 saturated heterocycles. The van der Waals surface area contributed by atoms with E-state index < -0.39 is 30.5 Å². The number of rotatable bonds is 4. The standard InChI is InChI=1S/C21H24N4O3.C13H16BNO4.C8H10BrN3O/c1-21(2,3)28-20(26)25-17-7-5-4-6-15(17)12-18(25)16-13-22-19(23-14-16)24-8-10-27-11-9-24;1-13(2,3)19-12(16)15-10-7-5-4-6-9(10)8-11(15)14(17)18;9-7-5-10-8(11-6-7)12-1-3-13-4-2-12/h4-7,12-14H,8-11H2,1-3H3;4-8,17-18H,1-3H3;5-6H,1-4H2. The molecule has 0 atom stereocenters. The van der Waals surface area contributed by atoms with E-state index in [0.29, 0.717) is 30.4 Å². The molecule has 2 aliphatic heterocycles. The van der Waals surface area contributed by atoms with Gasteiger partial charge in [-0.2, -0.15) is 0 Å². The van der Waals surface area contributed by atoms with Crippen LogP contribution in [0.1, 0.15) is 41.5 Å². The van der Waals surface area contributed by atoms with Gasteiger partial charge in [-0.15, -0.1) is 0 Å². The summed E-state index contributed by atoms with van der Waals surface area (Å²) in [6.07, 6.45) is 5.99. The molecule has 2 aliphatic rings. The van der Waals surface area contributed by atoms with Crippen molar-refractivity contribution in [3.63, 3.8) is 0 Å². The van der Waals surface area contributed by atoms with Crippen LogP contribution >= 0.6 is 15.9 Å². The van der Waals surface area contributed by atoms with Crippen molar-refractivity contribution in [2.75, 3.05) is 62.4 Å². The number of anilines is 2. The van der Waals surface area contributed by atoms with Crippen LogP contribution in [0.4, 0.5) is 21.5 Å². The minimum absolute atomic E-state index is 0.0930. The summed E-state index contributed by atoms with van der Waals surface area (Å²) in [5.41, 5.74) is 1.71. The van der Waals surface area contributed by atoms with E-state index in [2.05, 4.69) is 45.7 Å². The van der Waals surface area contributed by atoms with Crippen molar-refractivity contribution in [1.82, 2.24) is 29.1 Å². The van der Waals surface area contributed by atoms with Gasteiger partial charge in [0.2, 0.25) is 11.9 Å². The fraction of sp³-hybridized carbons (Fsp3) is 0.381. The number of carbonyl (C=O) groups is 2. The van der Waals surface area contributed by atoms with E-state index in [0.717, 1.165) is 71.7 Å². The molecule has 0 amide bonds. The number of fused-ring (bicyclic) bond motifs is 2. The summed E-state index contributed by atoms with van der Waals surface area (Å²) in [6, 6.07) is 18.4. The van der Waals surface area contributed by atoms with Gasteiger partial charge in [-0.1, -0.05) is 36.4 Å². The lowest BCUT2D eigenvalue weighted by Gasteiger charge is -2.26. The molecular weight excluding hydrogens is 835 g/mol. The average Bonchev–Trinajstić information content (AvgIpc) is 3.81. The van der Waals surface area contributed by atoms with Crippen LogP contribution in [0.15, 0.2) is 89.9 Å². The highest BCUT2D eigenvalue weighted by Crippen LogP contribution is 2.29. The van der Waals surface area contributed by atoms with Gasteiger partial charge in [0.1, 0.15) is 11.2 Å². The van der Waals surface area contributed by atoms with Crippen molar-refractivity contribution in [3.8, 4) is 11.3 Å². The van der Waals surface area contributed by atoms with Gasteiger partial charge in [-0.25, -0.2) is 34.1 Å². The molecule has 16 nitrogen and oxygen atoms in total. The molecule has 6 aromatic rings. The zero-order chi connectivity index (χ0) is 43.0. The summed E-state index contributed by atoms with van der Waals surface area (Å²) in [5.74, 6) is 1.46. The number of ether oxygens (including phenoxy) is 4. The van der Waals surface area contributed by atoms with Gasteiger partial charge >= 0.3 is 19.3 Å². The van der Waals surface area contributed by atoms with Gasteiger partial charge in [0.15, 0.2) is 0 Å². The molecule has 6 heterocycles. The molecule has 4 aromatic heterocycles. The molecule has 18 heteroatoms. The van der Waals surface area contributed by atoms with Crippen molar-refractivity contribution in [2.45, 2.75) is 52.7 Å². The van der Waals surface area contributed by atoms with Gasteiger partial charge in [0.05, 0.1) is 53.2 Å². The number of hydrogen-bond donors (Lipinski definition) is 2. The Hall–Kier alpha value is -5.40. The van der Waals surface area contributed by atoms with Crippen LogP contribution in [-0.4, -0.2) is 122 Å². The van der Waals surface area contributed by atoms with Crippen molar-refractivity contribution in [1.29, 1.82) is 0 Å². The molecule has 0 aliphatic carbocycles. The second-order valence-corrected chi connectivity index (χ2v) is 16.8. The monoisotopic (exact) mass is 884 g/mol. The summed E-state index contributed by atoms with van der Waals surface area (Å²) >= 11 is 3.30. The van der Waals surface area contributed by atoms with Gasteiger partial charge in [-0.3, -0.25) is 4.57 Å². The largest absolute Gasteiger partial charge is 0.506 e. The molecule has 8 rings (SSSR count). The average molecular weight is 886 g/mol. The molecule has 60 heavy (non-hydrogen) atoms. The first-order valence-corrected chi connectivity index (χ1v) is 20.4. The maximum atomic E-state index is 12.9. The Labute approximate surface area is 357 Å². The van der Waals surface area contributed by atoms with E-state index in [1.54, 1.807) is 74.4 Å². The number of morpholine rings is 2. The molecule has 0 bridgehead atoms. The van der Waals surface area contributed by atoms with Crippen LogP contribution in [0.5, 0.6) is 0 Å². The van der Waals surface area contributed by atoms with Crippen LogP contribution in [0, 0.1) is 0 Å². The molecule has 0 spiro atoms. The lowest BCUT2D eigenvalue weighted by Crippen LogP contribution is -2.40. The Kier molecular flexibility index (Phi) is 14.2. The number of hydrogen-bond acceptors (Lipinski definition) is 14. The quantitative estimate of drug-likeness (QED) is 0.200. The number of benzene rings is 2. The molecule has 2 N–H and O–H groups in total. The van der Waals surface area contributed by atoms with Gasteiger partial charge < -0.3 is 38.8 Å². The number of halogens is 1. The summed E-state index contributed by atoms with van der Waals surface area (Å²) in [6.45, 7) is 17.0. The highest BCUT2D eigenvalue weighted by molar-refractivity contribution is 9.10. The molecule has 0 saturated carbocycles. The number of aromatic nitrogens is 6. The summed E-state index contributed by atoms with van der Waals surface area (Å²) in [4.78, 5) is 46.8. The highest BCUT2D eigenvalue weighted by atomic mass is 79.9. The molecule has 2 fully saturated rings. The topological polar surface area (TPSA) is 179 Å². The molecular formula is C42H50BBrN8O8. The van der Waals surface area contributed by atoms with Crippen LogP contribution in [0.25, 0.3) is 33.1 Å². The SMILES string of the molecule is Brc1cnc(N2CCOCC2)nc1.CC(C)(C)OC(=O)n1c(-c2cnc(N3CCOCC3)nc2)cc2ccccc21.CC(C)(C)OC(=O)n1c(B(O)O)cc2ccccc21. The maximum absolute atomic E-state index is 12.9. The van der Waals surface area contributed by atoms with Crippen molar-refractivity contribution >= 4 is 74.5 Å². The normalized spacial score (nSPS) is 14.5. The Balaban J connectivity index is 0.000000163. The first-order valence-electron chi connectivity index (χ1n) is 19.6. The fourth-order valence-corrected chi connectivity index (χ4v) is 6.57. The van der Waals surface area contributed by atoms with Crippen molar-refractivity contribution < 1.29 is 38.6 Å². The smallest absolute Gasteiger partial charge is 0.443 e. The molecule has 0 unspecified atom stereocenters. The number of nitrogens with zero attached hydrogens (tertiary/aromatic N) is 8. The summed E-state index contributed by atoms with van der Waals surface area (Å²) in [7, 11) is -1.74. The summed E-state index contributed by atoms with van der Waals surface area (Å²) in [5, 5.41) is 20.5. The van der Waals surface area contributed by atoms with Crippen LogP contribution in [0.2, 0.25) is 0 Å². The Morgan fingerprint density at radius 3 is 1.53 bits per heavy atom. The third-order valence-electron chi connectivity index (χ3n) is 9.00. The fourth-order valence-electron chi connectivity index (χ4n) is 6.36. The molecule has 2 aromatic carbocycles. The number of para-hydroxylation sites is 2. The minimum atomic E-state index is -1.74. The zero-order valence-corrected chi connectivity index (χ0v) is 36.2. The zero-order valence-electron chi connectivity index (χ0n) is 34.6. The second-order valence-electron chi connectivity index (χ2n) is 15.9. The van der Waals surface area contributed by atoms with E-state index in [1.807, 2.05) is 57.2 Å². The molecule has 0 radical (unpaired) electrons. The predicted octanol–water partition coefficient (Wildman–Crippen LogP) is 5.90. The lowest BCUT2D eigenvalue weighted by molar-refractivity contribution is 0.0536. The predicted molar refractivity (Wildman–Crippen MR) is 234 cm³/mol. The second kappa shape index (κ2) is 19.3. The Morgan fingerprint density at radius 1 is 0.650 bits per heavy atom. The van der Waals surface area contributed by atoms with E-state index in [4.69, 9.17) is 18.9 Å². The first kappa shape index (κ1) is 44.2. The lowest BCUT2D eigenvalue weighted by atomic mass is 9.86. The maximum Gasteiger partial charge on any atom is 0.506 e.